The highest BCUT2D eigenvalue weighted by molar-refractivity contribution is 7.89. The predicted octanol–water partition coefficient (Wildman–Crippen LogP) is -2.05. The van der Waals surface area contributed by atoms with Crippen LogP contribution in [-0.2, 0) is 10.0 Å². The first-order chi connectivity index (χ1) is 8.93. The largest absolute Gasteiger partial charge is 0.394 e. The van der Waals surface area contributed by atoms with Gasteiger partial charge in [0.25, 0.3) is 0 Å². The number of hydrogen-bond donors (Lipinski definition) is 4. The van der Waals surface area contributed by atoms with Crippen LogP contribution < -0.4 is 4.72 Å². The lowest BCUT2D eigenvalue weighted by molar-refractivity contribution is 0.0582. The Morgan fingerprint density at radius 2 is 1.84 bits per heavy atom. The number of aliphatic hydroxyl groups excluding tert-OH is 3. The fraction of sp³-hybridized carbons (Fsp3) is 0.400. The molecule has 1 aromatic rings. The number of nitriles is 1. The van der Waals surface area contributed by atoms with Crippen LogP contribution in [0.4, 0.5) is 0 Å². The van der Waals surface area contributed by atoms with Crippen molar-refractivity contribution in [2.24, 2.45) is 0 Å². The van der Waals surface area contributed by atoms with Gasteiger partial charge in [-0.25, -0.2) is 13.4 Å². The van der Waals surface area contributed by atoms with Gasteiger partial charge in [0.2, 0.25) is 10.0 Å². The van der Waals surface area contributed by atoms with E-state index in [0.717, 1.165) is 12.3 Å². The molecule has 8 nitrogen and oxygen atoms in total. The molecule has 0 bridgehead atoms. The molecule has 1 heterocycles. The summed E-state index contributed by atoms with van der Waals surface area (Å²) < 4.78 is 25.9. The number of aromatic nitrogens is 1. The Labute approximate surface area is 110 Å². The van der Waals surface area contributed by atoms with E-state index in [1.165, 1.54) is 6.07 Å². The van der Waals surface area contributed by atoms with Crippen LogP contribution in [0.25, 0.3) is 0 Å². The Morgan fingerprint density at radius 3 is 2.21 bits per heavy atom. The van der Waals surface area contributed by atoms with Gasteiger partial charge in [-0.2, -0.15) is 9.98 Å². The van der Waals surface area contributed by atoms with Gasteiger partial charge in [-0.15, -0.1) is 0 Å². The number of sulfonamides is 1. The van der Waals surface area contributed by atoms with Crippen LogP contribution in [-0.4, -0.2) is 54.1 Å². The molecular weight excluding hydrogens is 274 g/mol. The summed E-state index contributed by atoms with van der Waals surface area (Å²) in [5, 5.41) is 35.7. The van der Waals surface area contributed by atoms with Crippen LogP contribution >= 0.6 is 0 Å². The molecule has 0 aliphatic carbocycles. The molecule has 0 saturated heterocycles. The standard InChI is InChI=1S/C10H13N3O5S/c11-3-8-1-2-9(4-12-8)19(17,18)13-10(5-14,6-15)7-16/h1-2,4,13-16H,5-7H2. The summed E-state index contributed by atoms with van der Waals surface area (Å²) in [6.45, 7) is -2.32. The van der Waals surface area contributed by atoms with Gasteiger partial charge in [0.1, 0.15) is 22.2 Å². The quantitative estimate of drug-likeness (QED) is 0.471. The predicted molar refractivity (Wildman–Crippen MR) is 63.3 cm³/mol. The smallest absolute Gasteiger partial charge is 0.242 e. The normalized spacial score (nSPS) is 12.1. The lowest BCUT2D eigenvalue weighted by Gasteiger charge is -2.28. The van der Waals surface area contributed by atoms with Crippen molar-refractivity contribution in [2.75, 3.05) is 19.8 Å². The molecule has 0 aliphatic heterocycles. The number of hydrogen-bond acceptors (Lipinski definition) is 7. The fourth-order valence-electron chi connectivity index (χ4n) is 1.20. The molecule has 1 rings (SSSR count). The highest BCUT2D eigenvalue weighted by Gasteiger charge is 2.34. The Bertz CT molecular complexity index is 552. The van der Waals surface area contributed by atoms with Crippen molar-refractivity contribution < 1.29 is 23.7 Å². The van der Waals surface area contributed by atoms with E-state index in [1.807, 2.05) is 4.72 Å². The zero-order chi connectivity index (χ0) is 14.5. The fourth-order valence-corrected chi connectivity index (χ4v) is 2.52. The van der Waals surface area contributed by atoms with Gasteiger partial charge >= 0.3 is 0 Å². The van der Waals surface area contributed by atoms with Crippen LogP contribution in [0.15, 0.2) is 23.2 Å². The van der Waals surface area contributed by atoms with Crippen LogP contribution in [0.3, 0.4) is 0 Å². The summed E-state index contributed by atoms with van der Waals surface area (Å²) in [6.07, 6.45) is 0.970. The molecule has 19 heavy (non-hydrogen) atoms. The van der Waals surface area contributed by atoms with E-state index in [2.05, 4.69) is 4.98 Å². The maximum Gasteiger partial charge on any atom is 0.242 e. The molecule has 0 fully saturated rings. The third-order valence-corrected chi connectivity index (χ3v) is 3.98. The van der Waals surface area contributed by atoms with Gasteiger partial charge < -0.3 is 15.3 Å². The van der Waals surface area contributed by atoms with Crippen LogP contribution in [0, 0.1) is 11.3 Å². The summed E-state index contributed by atoms with van der Waals surface area (Å²) in [4.78, 5) is 3.36. The summed E-state index contributed by atoms with van der Waals surface area (Å²) in [5.41, 5.74) is -1.70. The average Bonchev–Trinajstić information content (AvgIpc) is 2.45. The van der Waals surface area contributed by atoms with Crippen LogP contribution in [0.5, 0.6) is 0 Å². The Morgan fingerprint density at radius 1 is 1.26 bits per heavy atom. The van der Waals surface area contributed by atoms with Crippen molar-refractivity contribution in [1.29, 1.82) is 5.26 Å². The Balaban J connectivity index is 3.07. The lowest BCUT2D eigenvalue weighted by Crippen LogP contribution is -2.56. The van der Waals surface area contributed by atoms with Gasteiger partial charge in [0.05, 0.1) is 19.8 Å². The van der Waals surface area contributed by atoms with Crippen LogP contribution in [0.2, 0.25) is 0 Å². The average molecular weight is 287 g/mol. The molecule has 4 N–H and O–H groups in total. The molecule has 9 heteroatoms. The van der Waals surface area contributed by atoms with Crippen molar-refractivity contribution in [3.8, 4) is 6.07 Å². The third-order valence-electron chi connectivity index (χ3n) is 2.42. The van der Waals surface area contributed by atoms with E-state index in [9.17, 15) is 8.42 Å². The Hall–Kier alpha value is -1.57. The minimum Gasteiger partial charge on any atom is -0.394 e. The molecule has 0 unspecified atom stereocenters. The summed E-state index contributed by atoms with van der Waals surface area (Å²) in [5.74, 6) is 0. The zero-order valence-corrected chi connectivity index (χ0v) is 10.6. The monoisotopic (exact) mass is 287 g/mol. The molecule has 0 radical (unpaired) electrons. The number of aliphatic hydroxyl groups is 3. The van der Waals surface area contributed by atoms with Gasteiger partial charge in [-0.1, -0.05) is 0 Å². The van der Waals surface area contributed by atoms with Gasteiger partial charge in [0, 0.05) is 6.20 Å². The van der Waals surface area contributed by atoms with E-state index >= 15 is 0 Å². The molecule has 104 valence electrons. The van der Waals surface area contributed by atoms with Crippen LogP contribution in [0.1, 0.15) is 5.69 Å². The van der Waals surface area contributed by atoms with Crippen molar-refractivity contribution in [3.05, 3.63) is 24.0 Å². The number of nitrogens with one attached hydrogen (secondary N) is 1. The topological polar surface area (TPSA) is 144 Å². The van der Waals surface area contributed by atoms with Gasteiger partial charge in [-0.05, 0) is 12.1 Å². The molecule has 0 amide bonds. The van der Waals surface area contributed by atoms with Crippen molar-refractivity contribution >= 4 is 10.0 Å². The maximum absolute atomic E-state index is 12.0. The third kappa shape index (κ3) is 3.46. The van der Waals surface area contributed by atoms with Crippen molar-refractivity contribution in [3.63, 3.8) is 0 Å². The summed E-state index contributed by atoms with van der Waals surface area (Å²) >= 11 is 0. The molecule has 0 aliphatic rings. The van der Waals surface area contributed by atoms with E-state index < -0.39 is 35.4 Å². The first-order valence-corrected chi connectivity index (χ1v) is 6.64. The minimum atomic E-state index is -4.08. The molecule has 0 aromatic carbocycles. The number of nitrogens with zero attached hydrogens (tertiary/aromatic N) is 2. The highest BCUT2D eigenvalue weighted by Crippen LogP contribution is 2.12. The van der Waals surface area contributed by atoms with Gasteiger partial charge in [0.15, 0.2) is 0 Å². The van der Waals surface area contributed by atoms with E-state index in [4.69, 9.17) is 20.6 Å². The molecule has 0 atom stereocenters. The zero-order valence-electron chi connectivity index (χ0n) is 9.81. The lowest BCUT2D eigenvalue weighted by atomic mass is 10.1. The second-order valence-electron chi connectivity index (χ2n) is 3.85. The first-order valence-electron chi connectivity index (χ1n) is 5.16. The minimum absolute atomic E-state index is 0.0525. The van der Waals surface area contributed by atoms with E-state index in [1.54, 1.807) is 6.07 Å². The summed E-state index contributed by atoms with van der Waals surface area (Å²) in [7, 11) is -4.08. The number of pyridine rings is 1. The van der Waals surface area contributed by atoms with E-state index in [-0.39, 0.29) is 10.6 Å². The SMILES string of the molecule is N#Cc1ccc(S(=O)(=O)NC(CO)(CO)CO)cn1. The molecule has 0 spiro atoms. The van der Waals surface area contributed by atoms with Gasteiger partial charge in [-0.3, -0.25) is 0 Å². The highest BCUT2D eigenvalue weighted by atomic mass is 32.2. The van der Waals surface area contributed by atoms with Crippen molar-refractivity contribution in [2.45, 2.75) is 10.4 Å². The van der Waals surface area contributed by atoms with Crippen molar-refractivity contribution in [1.82, 2.24) is 9.71 Å². The van der Waals surface area contributed by atoms with E-state index in [0.29, 0.717) is 0 Å². The summed E-state index contributed by atoms with van der Waals surface area (Å²) in [6, 6.07) is 4.11. The second kappa shape index (κ2) is 6.05. The number of rotatable bonds is 6. The first kappa shape index (κ1) is 15.5. The molecular formula is C10H13N3O5S. The molecule has 1 aromatic heterocycles. The molecule has 0 saturated carbocycles. The second-order valence-corrected chi connectivity index (χ2v) is 5.53. The Kier molecular flexibility index (Phi) is 4.93. The maximum atomic E-state index is 12.0.